The highest BCUT2D eigenvalue weighted by molar-refractivity contribution is 6.32. The van der Waals surface area contributed by atoms with Crippen molar-refractivity contribution in [1.29, 1.82) is 0 Å². The molecule has 2 aromatic carbocycles. The van der Waals surface area contributed by atoms with Crippen LogP contribution in [-0.2, 0) is 4.79 Å². The van der Waals surface area contributed by atoms with E-state index < -0.39 is 0 Å². The number of anilines is 1. The van der Waals surface area contributed by atoms with Gasteiger partial charge >= 0.3 is 0 Å². The van der Waals surface area contributed by atoms with Crippen molar-refractivity contribution >= 4 is 23.2 Å². The van der Waals surface area contributed by atoms with Gasteiger partial charge in [0.15, 0.2) is 0 Å². The molecule has 1 amide bonds. The third-order valence-electron chi connectivity index (χ3n) is 3.72. The fraction of sp³-hybridized carbons (Fsp3) is 0.316. The molecule has 0 atom stereocenters. The Balaban J connectivity index is 1.84. The monoisotopic (exact) mass is 396 g/mol. The topological polar surface area (TPSA) is 60.0 Å². The number of hydrogen-bond acceptors (Lipinski definition) is 5. The van der Waals surface area contributed by atoms with Gasteiger partial charge in [-0.05, 0) is 37.4 Å². The number of halogens is 2. The van der Waals surface area contributed by atoms with Gasteiger partial charge in [-0.2, -0.15) is 0 Å². The van der Waals surface area contributed by atoms with Gasteiger partial charge in [0.1, 0.15) is 29.7 Å². The maximum absolute atomic E-state index is 12.8. The van der Waals surface area contributed by atoms with Crippen LogP contribution in [0.2, 0.25) is 5.02 Å². The van der Waals surface area contributed by atoms with Crippen LogP contribution in [0.3, 0.4) is 0 Å². The number of hydrogen-bond donors (Lipinski definition) is 1. The van der Waals surface area contributed by atoms with E-state index in [1.165, 1.54) is 26.4 Å². The summed E-state index contributed by atoms with van der Waals surface area (Å²) in [6.07, 6.45) is 0. The third-order valence-corrected chi connectivity index (χ3v) is 4.01. The van der Waals surface area contributed by atoms with Crippen molar-refractivity contribution in [2.75, 3.05) is 46.3 Å². The maximum Gasteiger partial charge on any atom is 0.238 e. The second-order valence-corrected chi connectivity index (χ2v) is 6.18. The molecule has 146 valence electrons. The average molecular weight is 397 g/mol. The molecule has 0 aliphatic heterocycles. The summed E-state index contributed by atoms with van der Waals surface area (Å²) in [4.78, 5) is 14.1. The molecule has 0 aliphatic rings. The Kier molecular flexibility index (Phi) is 7.69. The SMILES string of the molecule is COc1cc(OC)c(NC(=O)CN(C)CCOc2ccc(F)cc2)cc1Cl. The molecule has 0 saturated heterocycles. The number of likely N-dealkylation sites (N-methyl/N-ethyl adjacent to an activating group) is 1. The minimum atomic E-state index is -0.315. The van der Waals surface area contributed by atoms with Gasteiger partial charge in [0, 0.05) is 12.6 Å². The Morgan fingerprint density at radius 3 is 2.44 bits per heavy atom. The highest BCUT2D eigenvalue weighted by Gasteiger charge is 2.14. The summed E-state index contributed by atoms with van der Waals surface area (Å²) in [5, 5.41) is 3.14. The molecule has 0 fully saturated rings. The van der Waals surface area contributed by atoms with Crippen molar-refractivity contribution in [3.05, 3.63) is 47.2 Å². The highest BCUT2D eigenvalue weighted by Crippen LogP contribution is 2.35. The number of amides is 1. The number of nitrogens with one attached hydrogen (secondary N) is 1. The summed E-state index contributed by atoms with van der Waals surface area (Å²) in [6.45, 7) is 1.04. The molecule has 0 aromatic heterocycles. The van der Waals surface area contributed by atoms with E-state index in [-0.39, 0.29) is 18.3 Å². The first kappa shape index (κ1) is 20.8. The summed E-state index contributed by atoms with van der Waals surface area (Å²) in [5.41, 5.74) is 0.462. The number of benzene rings is 2. The minimum Gasteiger partial charge on any atom is -0.495 e. The lowest BCUT2D eigenvalue weighted by Gasteiger charge is -2.18. The van der Waals surface area contributed by atoms with E-state index in [1.54, 1.807) is 36.2 Å². The molecule has 1 N–H and O–H groups in total. The fourth-order valence-corrected chi connectivity index (χ4v) is 2.56. The lowest BCUT2D eigenvalue weighted by atomic mass is 10.2. The standard InChI is InChI=1S/C19H22ClFN2O4/c1-23(8-9-27-14-6-4-13(21)5-7-14)12-19(24)22-16-10-15(20)17(25-2)11-18(16)26-3/h4-7,10-11H,8-9,12H2,1-3H3,(H,22,24). The van der Waals surface area contributed by atoms with Crippen LogP contribution in [0.4, 0.5) is 10.1 Å². The second-order valence-electron chi connectivity index (χ2n) is 5.78. The third kappa shape index (κ3) is 6.30. The number of nitrogens with zero attached hydrogens (tertiary/aromatic N) is 1. The number of ether oxygens (including phenoxy) is 3. The summed E-state index contributed by atoms with van der Waals surface area (Å²) in [6, 6.07) is 8.97. The molecule has 0 spiro atoms. The zero-order chi connectivity index (χ0) is 19.8. The van der Waals surface area contributed by atoms with Crippen molar-refractivity contribution in [2.45, 2.75) is 0 Å². The number of carbonyl (C=O) groups is 1. The van der Waals surface area contributed by atoms with Crippen LogP contribution >= 0.6 is 11.6 Å². The van der Waals surface area contributed by atoms with Crippen LogP contribution in [0.1, 0.15) is 0 Å². The lowest BCUT2D eigenvalue weighted by molar-refractivity contribution is -0.117. The van der Waals surface area contributed by atoms with E-state index in [0.717, 1.165) is 0 Å². The van der Waals surface area contributed by atoms with Gasteiger partial charge in [0.05, 0.1) is 31.5 Å². The molecular formula is C19H22ClFN2O4. The molecule has 0 aliphatic carbocycles. The van der Waals surface area contributed by atoms with Crippen molar-refractivity contribution in [3.8, 4) is 17.2 Å². The van der Waals surface area contributed by atoms with Crippen molar-refractivity contribution in [3.63, 3.8) is 0 Å². The molecule has 0 saturated carbocycles. The van der Waals surface area contributed by atoms with Gasteiger partial charge < -0.3 is 19.5 Å². The molecule has 0 unspecified atom stereocenters. The Labute approximate surface area is 162 Å². The Hall–Kier alpha value is -2.51. The van der Waals surface area contributed by atoms with Gasteiger partial charge in [0.25, 0.3) is 0 Å². The molecule has 6 nitrogen and oxygen atoms in total. The lowest BCUT2D eigenvalue weighted by Crippen LogP contribution is -2.33. The van der Waals surface area contributed by atoms with Crippen LogP contribution in [0.5, 0.6) is 17.2 Å². The Morgan fingerprint density at radius 1 is 1.15 bits per heavy atom. The maximum atomic E-state index is 12.8. The quantitative estimate of drug-likeness (QED) is 0.703. The summed E-state index contributed by atoms with van der Waals surface area (Å²) < 4.78 is 28.8. The van der Waals surface area contributed by atoms with Crippen molar-refractivity contribution in [1.82, 2.24) is 4.90 Å². The largest absolute Gasteiger partial charge is 0.495 e. The molecule has 0 heterocycles. The van der Waals surface area contributed by atoms with Crippen LogP contribution in [0.25, 0.3) is 0 Å². The average Bonchev–Trinajstić information content (AvgIpc) is 2.63. The predicted molar refractivity (Wildman–Crippen MR) is 103 cm³/mol. The van der Waals surface area contributed by atoms with Crippen molar-refractivity contribution < 1.29 is 23.4 Å². The molecule has 2 rings (SSSR count). The fourth-order valence-electron chi connectivity index (χ4n) is 2.32. The smallest absolute Gasteiger partial charge is 0.238 e. The highest BCUT2D eigenvalue weighted by atomic mass is 35.5. The van der Waals surface area contributed by atoms with Crippen LogP contribution < -0.4 is 19.5 Å². The van der Waals surface area contributed by atoms with E-state index in [1.807, 2.05) is 0 Å². The van der Waals surface area contributed by atoms with Crippen LogP contribution in [-0.4, -0.2) is 51.8 Å². The molecular weight excluding hydrogens is 375 g/mol. The molecule has 27 heavy (non-hydrogen) atoms. The first-order valence-corrected chi connectivity index (χ1v) is 8.59. The van der Waals surface area contributed by atoms with Gasteiger partial charge in [-0.1, -0.05) is 11.6 Å². The first-order valence-electron chi connectivity index (χ1n) is 8.21. The molecule has 0 bridgehead atoms. The second kappa shape index (κ2) is 9.99. The summed E-state index contributed by atoms with van der Waals surface area (Å²) in [5.74, 6) is 0.948. The number of methoxy groups -OCH3 is 2. The van der Waals surface area contributed by atoms with Gasteiger partial charge in [-0.25, -0.2) is 4.39 Å². The minimum absolute atomic E-state index is 0.152. The van der Waals surface area contributed by atoms with Gasteiger partial charge in [-0.15, -0.1) is 0 Å². The summed E-state index contributed by atoms with van der Waals surface area (Å²) in [7, 11) is 4.80. The van der Waals surface area contributed by atoms with E-state index in [4.69, 9.17) is 25.8 Å². The zero-order valence-electron chi connectivity index (χ0n) is 15.4. The Morgan fingerprint density at radius 2 is 1.81 bits per heavy atom. The summed E-state index contributed by atoms with van der Waals surface area (Å²) >= 11 is 6.10. The predicted octanol–water partition coefficient (Wildman–Crippen LogP) is 3.45. The molecule has 2 aromatic rings. The van der Waals surface area contributed by atoms with E-state index >= 15 is 0 Å². The van der Waals surface area contributed by atoms with E-state index in [2.05, 4.69) is 5.32 Å². The Bertz CT molecular complexity index is 771. The zero-order valence-corrected chi connectivity index (χ0v) is 16.2. The normalized spacial score (nSPS) is 10.6. The van der Waals surface area contributed by atoms with Gasteiger partial charge in [0.2, 0.25) is 5.91 Å². The van der Waals surface area contributed by atoms with E-state index in [9.17, 15) is 9.18 Å². The van der Waals surface area contributed by atoms with Crippen LogP contribution in [0, 0.1) is 5.82 Å². The van der Waals surface area contributed by atoms with Crippen LogP contribution in [0.15, 0.2) is 36.4 Å². The number of rotatable bonds is 9. The first-order chi connectivity index (χ1) is 12.9. The molecule has 0 radical (unpaired) electrons. The van der Waals surface area contributed by atoms with Crippen molar-refractivity contribution in [2.24, 2.45) is 0 Å². The molecule has 8 heteroatoms. The number of carbonyl (C=O) groups excluding carboxylic acids is 1. The van der Waals surface area contributed by atoms with E-state index in [0.29, 0.717) is 41.1 Å². The van der Waals surface area contributed by atoms with Gasteiger partial charge in [-0.3, -0.25) is 9.69 Å².